The lowest BCUT2D eigenvalue weighted by Gasteiger charge is -2.01. The van der Waals surface area contributed by atoms with Gasteiger partial charge in [0.05, 0.1) is 6.33 Å². The number of hydrogen-bond acceptors (Lipinski definition) is 4. The van der Waals surface area contributed by atoms with Crippen molar-refractivity contribution >= 4 is 34.6 Å². The summed E-state index contributed by atoms with van der Waals surface area (Å²) in [5.74, 6) is 0.187. The third-order valence-corrected chi connectivity index (χ3v) is 2.51. The zero-order valence-corrected chi connectivity index (χ0v) is 10.9. The highest BCUT2D eigenvalue weighted by Gasteiger charge is 2.10. The monoisotopic (exact) mass is 281 g/mol. The average Bonchev–Trinajstić information content (AvgIpc) is 2.72. The minimum absolute atomic E-state index is 0.0894. The fourth-order valence-electron chi connectivity index (χ4n) is 1.60. The van der Waals surface area contributed by atoms with Gasteiger partial charge in [0.25, 0.3) is 5.56 Å². The maximum absolute atomic E-state index is 11.9. The average molecular weight is 282 g/mol. The van der Waals surface area contributed by atoms with Gasteiger partial charge in [0.15, 0.2) is 11.2 Å². The molecule has 0 radical (unpaired) electrons. The number of allylic oxidation sites excluding steroid dienone is 2. The van der Waals surface area contributed by atoms with Gasteiger partial charge in [0, 0.05) is 19.3 Å². The molecule has 0 aliphatic heterocycles. The molecule has 2 aromatic rings. The Morgan fingerprint density at radius 1 is 1.58 bits per heavy atom. The number of alkyl halides is 1. The first-order valence-corrected chi connectivity index (χ1v) is 6.09. The molecular formula is C11H12ClN5O2. The van der Waals surface area contributed by atoms with Crippen LogP contribution in [0.1, 0.15) is 6.92 Å². The van der Waals surface area contributed by atoms with Crippen molar-refractivity contribution in [3.8, 4) is 0 Å². The second-order valence-electron chi connectivity index (χ2n) is 3.79. The molecule has 2 rings (SSSR count). The topological polar surface area (TPSA) is 92.7 Å². The quantitative estimate of drug-likeness (QED) is 0.642. The summed E-state index contributed by atoms with van der Waals surface area (Å²) in [6.45, 7) is 1.81. The SMILES string of the molecule is CC(=O)Nc1nc2ncn(C/C=C/CCl)c2c(=O)[nH]1. The van der Waals surface area contributed by atoms with Crippen LogP contribution in [0.25, 0.3) is 11.2 Å². The third kappa shape index (κ3) is 3.00. The van der Waals surface area contributed by atoms with E-state index < -0.39 is 0 Å². The van der Waals surface area contributed by atoms with Gasteiger partial charge >= 0.3 is 0 Å². The van der Waals surface area contributed by atoms with Crippen molar-refractivity contribution in [3.63, 3.8) is 0 Å². The van der Waals surface area contributed by atoms with E-state index in [-0.39, 0.29) is 23.1 Å². The Morgan fingerprint density at radius 2 is 2.37 bits per heavy atom. The lowest BCUT2D eigenvalue weighted by molar-refractivity contribution is -0.114. The lowest BCUT2D eigenvalue weighted by Crippen LogP contribution is -2.17. The molecule has 0 atom stereocenters. The molecule has 100 valence electrons. The second-order valence-corrected chi connectivity index (χ2v) is 4.10. The summed E-state index contributed by atoms with van der Waals surface area (Å²) >= 11 is 5.53. The van der Waals surface area contributed by atoms with Gasteiger partial charge in [-0.25, -0.2) is 4.98 Å². The molecule has 0 bridgehead atoms. The summed E-state index contributed by atoms with van der Waals surface area (Å²) in [5.41, 5.74) is 0.283. The molecule has 2 heterocycles. The highest BCUT2D eigenvalue weighted by Crippen LogP contribution is 2.07. The van der Waals surface area contributed by atoms with Crippen LogP contribution in [0.15, 0.2) is 23.3 Å². The largest absolute Gasteiger partial charge is 0.321 e. The van der Waals surface area contributed by atoms with Crippen molar-refractivity contribution in [2.75, 3.05) is 11.2 Å². The number of amides is 1. The summed E-state index contributed by atoms with van der Waals surface area (Å²) in [6.07, 6.45) is 5.12. The summed E-state index contributed by atoms with van der Waals surface area (Å²) in [5, 5.41) is 2.41. The van der Waals surface area contributed by atoms with Crippen LogP contribution in [0.4, 0.5) is 5.95 Å². The first-order chi connectivity index (χ1) is 9.11. The van der Waals surface area contributed by atoms with Crippen LogP contribution in [0.2, 0.25) is 0 Å². The number of H-pyrrole nitrogens is 1. The summed E-state index contributed by atoms with van der Waals surface area (Å²) in [4.78, 5) is 33.4. The standard InChI is InChI=1S/C11H12ClN5O2/c1-7(18)14-11-15-9-8(10(19)16-11)17(6-13-9)5-3-2-4-12/h2-3,6H,4-5H2,1H3,(H2,14,15,16,18,19)/b3-2+. The molecule has 0 aliphatic carbocycles. The first kappa shape index (κ1) is 13.3. The predicted molar refractivity (Wildman–Crippen MR) is 72.3 cm³/mol. The summed E-state index contributed by atoms with van der Waals surface area (Å²) < 4.78 is 1.65. The van der Waals surface area contributed by atoms with E-state index in [9.17, 15) is 9.59 Å². The van der Waals surface area contributed by atoms with Crippen LogP contribution >= 0.6 is 11.6 Å². The molecule has 0 spiro atoms. The van der Waals surface area contributed by atoms with Gasteiger partial charge in [0.2, 0.25) is 11.9 Å². The number of nitrogens with one attached hydrogen (secondary N) is 2. The van der Waals surface area contributed by atoms with Crippen LogP contribution in [-0.4, -0.2) is 31.3 Å². The molecule has 0 unspecified atom stereocenters. The van der Waals surface area contributed by atoms with E-state index in [0.717, 1.165) is 0 Å². The van der Waals surface area contributed by atoms with Crippen LogP contribution in [0.5, 0.6) is 0 Å². The Labute approximate surface area is 113 Å². The van der Waals surface area contributed by atoms with Crippen LogP contribution < -0.4 is 10.9 Å². The molecule has 0 aliphatic rings. The number of rotatable bonds is 4. The number of nitrogens with zero attached hydrogens (tertiary/aromatic N) is 3. The molecule has 8 heteroatoms. The number of fused-ring (bicyclic) bond motifs is 1. The van der Waals surface area contributed by atoms with E-state index in [1.807, 2.05) is 6.08 Å². The van der Waals surface area contributed by atoms with Crippen molar-refractivity contribution in [2.24, 2.45) is 0 Å². The third-order valence-electron chi connectivity index (χ3n) is 2.34. The van der Waals surface area contributed by atoms with Gasteiger partial charge < -0.3 is 4.57 Å². The minimum Gasteiger partial charge on any atom is -0.321 e. The van der Waals surface area contributed by atoms with E-state index in [4.69, 9.17) is 11.6 Å². The molecule has 0 aromatic carbocycles. The van der Waals surface area contributed by atoms with Crippen molar-refractivity contribution in [1.29, 1.82) is 0 Å². The zero-order chi connectivity index (χ0) is 13.8. The minimum atomic E-state index is -0.356. The highest BCUT2D eigenvalue weighted by atomic mass is 35.5. The van der Waals surface area contributed by atoms with Gasteiger partial charge in [-0.15, -0.1) is 11.6 Å². The molecule has 2 aromatic heterocycles. The highest BCUT2D eigenvalue weighted by molar-refractivity contribution is 6.18. The molecule has 19 heavy (non-hydrogen) atoms. The number of anilines is 1. The second kappa shape index (κ2) is 5.66. The van der Waals surface area contributed by atoms with Crippen LogP contribution in [0.3, 0.4) is 0 Å². The Kier molecular flexibility index (Phi) is 3.96. The van der Waals surface area contributed by atoms with E-state index in [2.05, 4.69) is 20.3 Å². The Bertz CT molecular complexity index is 688. The Morgan fingerprint density at radius 3 is 3.05 bits per heavy atom. The van der Waals surface area contributed by atoms with E-state index in [0.29, 0.717) is 17.9 Å². The van der Waals surface area contributed by atoms with Gasteiger partial charge in [0.1, 0.15) is 0 Å². The van der Waals surface area contributed by atoms with Gasteiger partial charge in [-0.05, 0) is 0 Å². The van der Waals surface area contributed by atoms with Crippen molar-refractivity contribution in [1.82, 2.24) is 19.5 Å². The molecular weight excluding hydrogens is 270 g/mol. The molecule has 0 fully saturated rings. The van der Waals surface area contributed by atoms with Gasteiger partial charge in [-0.2, -0.15) is 4.98 Å². The predicted octanol–water partition coefficient (Wildman–Crippen LogP) is 0.873. The first-order valence-electron chi connectivity index (χ1n) is 5.55. The molecule has 0 saturated carbocycles. The zero-order valence-electron chi connectivity index (χ0n) is 10.2. The van der Waals surface area contributed by atoms with Crippen molar-refractivity contribution < 1.29 is 4.79 Å². The van der Waals surface area contributed by atoms with Crippen molar-refractivity contribution in [2.45, 2.75) is 13.5 Å². The number of carbonyl (C=O) groups excluding carboxylic acids is 1. The number of aromatic nitrogens is 4. The van der Waals surface area contributed by atoms with E-state index >= 15 is 0 Å². The number of aromatic amines is 1. The van der Waals surface area contributed by atoms with Gasteiger partial charge in [-0.3, -0.25) is 19.9 Å². The molecule has 1 amide bonds. The van der Waals surface area contributed by atoms with Crippen molar-refractivity contribution in [3.05, 3.63) is 28.8 Å². The van der Waals surface area contributed by atoms with E-state index in [1.54, 1.807) is 10.6 Å². The van der Waals surface area contributed by atoms with E-state index in [1.165, 1.54) is 13.3 Å². The maximum Gasteiger partial charge on any atom is 0.278 e. The Balaban J connectivity index is 2.41. The summed E-state index contributed by atoms with van der Waals surface area (Å²) in [6, 6.07) is 0. The van der Waals surface area contributed by atoms with Gasteiger partial charge in [-0.1, -0.05) is 12.2 Å². The fourth-order valence-corrected chi connectivity index (χ4v) is 1.73. The normalized spacial score (nSPS) is 11.3. The van der Waals surface area contributed by atoms with Crippen LogP contribution in [-0.2, 0) is 11.3 Å². The fraction of sp³-hybridized carbons (Fsp3) is 0.273. The lowest BCUT2D eigenvalue weighted by atomic mass is 10.4. The number of carbonyl (C=O) groups is 1. The molecule has 0 saturated heterocycles. The number of halogens is 1. The van der Waals surface area contributed by atoms with Crippen LogP contribution in [0, 0.1) is 0 Å². The maximum atomic E-state index is 11.9. The summed E-state index contributed by atoms with van der Waals surface area (Å²) in [7, 11) is 0. The smallest absolute Gasteiger partial charge is 0.278 e. The number of hydrogen-bond donors (Lipinski definition) is 2. The molecule has 2 N–H and O–H groups in total. The molecule has 7 nitrogen and oxygen atoms in total. The number of imidazole rings is 1. The Hall–Kier alpha value is -2.15.